The van der Waals surface area contributed by atoms with Gasteiger partial charge in [0.25, 0.3) is 0 Å². The Morgan fingerprint density at radius 3 is 2.67 bits per heavy atom. The van der Waals surface area contributed by atoms with Crippen molar-refractivity contribution >= 4 is 23.0 Å². The van der Waals surface area contributed by atoms with Gasteiger partial charge in [-0.2, -0.15) is 0 Å². The van der Waals surface area contributed by atoms with Gasteiger partial charge in [-0.15, -0.1) is 0 Å². The summed E-state index contributed by atoms with van der Waals surface area (Å²) in [5, 5.41) is 15.8. The number of anilines is 1. The van der Waals surface area contributed by atoms with E-state index in [4.69, 9.17) is 12.2 Å². The zero-order valence-electron chi connectivity index (χ0n) is 8.73. The first-order valence-electron chi connectivity index (χ1n) is 5.00. The van der Waals surface area contributed by atoms with Crippen LogP contribution in [0.15, 0.2) is 30.3 Å². The van der Waals surface area contributed by atoms with E-state index in [9.17, 15) is 5.11 Å². The van der Waals surface area contributed by atoms with Crippen LogP contribution in [-0.4, -0.2) is 22.9 Å². The average molecular weight is 224 g/mol. The van der Waals surface area contributed by atoms with Crippen LogP contribution >= 0.6 is 12.2 Å². The van der Waals surface area contributed by atoms with Crippen molar-refractivity contribution in [2.45, 2.75) is 19.4 Å². The van der Waals surface area contributed by atoms with Gasteiger partial charge >= 0.3 is 0 Å². The molecule has 82 valence electrons. The second kappa shape index (κ2) is 6.37. The van der Waals surface area contributed by atoms with Crippen LogP contribution in [0.4, 0.5) is 5.69 Å². The minimum absolute atomic E-state index is 0.347. The number of para-hydroxylation sites is 1. The van der Waals surface area contributed by atoms with Crippen molar-refractivity contribution in [2.75, 3.05) is 11.9 Å². The number of hydrogen-bond donors (Lipinski definition) is 3. The molecule has 1 unspecified atom stereocenters. The molecule has 4 heteroatoms. The molecule has 0 spiro atoms. The SMILES string of the molecule is CCC(O)CNC(=S)Nc1ccccc1. The summed E-state index contributed by atoms with van der Waals surface area (Å²) in [5.74, 6) is 0. The number of rotatable bonds is 4. The minimum Gasteiger partial charge on any atom is -0.391 e. The standard InChI is InChI=1S/C11H16N2OS/c1-2-10(14)8-12-11(15)13-9-6-4-3-5-7-9/h3-7,10,14H,2,8H2,1H3,(H2,12,13,15). The third-order valence-corrected chi connectivity index (χ3v) is 2.25. The highest BCUT2D eigenvalue weighted by molar-refractivity contribution is 7.80. The van der Waals surface area contributed by atoms with E-state index in [0.29, 0.717) is 11.7 Å². The Morgan fingerprint density at radius 2 is 2.07 bits per heavy atom. The highest BCUT2D eigenvalue weighted by atomic mass is 32.1. The summed E-state index contributed by atoms with van der Waals surface area (Å²) in [7, 11) is 0. The first-order chi connectivity index (χ1) is 7.22. The third kappa shape index (κ3) is 4.76. The van der Waals surface area contributed by atoms with Crippen LogP contribution in [-0.2, 0) is 0 Å². The van der Waals surface area contributed by atoms with Crippen molar-refractivity contribution in [3.05, 3.63) is 30.3 Å². The fourth-order valence-electron chi connectivity index (χ4n) is 1.05. The minimum atomic E-state index is -0.347. The van der Waals surface area contributed by atoms with Crippen molar-refractivity contribution in [2.24, 2.45) is 0 Å². The van der Waals surface area contributed by atoms with E-state index >= 15 is 0 Å². The van der Waals surface area contributed by atoms with E-state index < -0.39 is 0 Å². The lowest BCUT2D eigenvalue weighted by molar-refractivity contribution is 0.173. The highest BCUT2D eigenvalue weighted by Gasteiger charge is 2.01. The molecule has 0 aliphatic rings. The lowest BCUT2D eigenvalue weighted by Crippen LogP contribution is -2.34. The first kappa shape index (κ1) is 11.9. The molecule has 0 heterocycles. The van der Waals surface area contributed by atoms with E-state index in [1.165, 1.54) is 0 Å². The molecule has 0 bridgehead atoms. The van der Waals surface area contributed by atoms with Crippen LogP contribution in [0.2, 0.25) is 0 Å². The molecule has 0 aromatic heterocycles. The number of hydrogen-bond acceptors (Lipinski definition) is 2. The van der Waals surface area contributed by atoms with E-state index in [2.05, 4.69) is 10.6 Å². The maximum atomic E-state index is 9.32. The van der Waals surface area contributed by atoms with Gasteiger partial charge in [0.1, 0.15) is 0 Å². The zero-order valence-corrected chi connectivity index (χ0v) is 9.55. The monoisotopic (exact) mass is 224 g/mol. The lowest BCUT2D eigenvalue weighted by Gasteiger charge is -2.12. The predicted molar refractivity (Wildman–Crippen MR) is 67.0 cm³/mol. The summed E-state index contributed by atoms with van der Waals surface area (Å²) < 4.78 is 0. The molecule has 0 saturated heterocycles. The molecular formula is C11H16N2OS. The molecule has 0 saturated carbocycles. The fourth-order valence-corrected chi connectivity index (χ4v) is 1.25. The smallest absolute Gasteiger partial charge is 0.170 e. The van der Waals surface area contributed by atoms with Crippen LogP contribution in [0.3, 0.4) is 0 Å². The molecule has 0 fully saturated rings. The third-order valence-electron chi connectivity index (χ3n) is 2.00. The Balaban J connectivity index is 2.31. The summed E-state index contributed by atoms with van der Waals surface area (Å²) >= 11 is 5.07. The van der Waals surface area contributed by atoms with E-state index in [1.54, 1.807) is 0 Å². The van der Waals surface area contributed by atoms with Gasteiger partial charge in [-0.05, 0) is 30.8 Å². The van der Waals surface area contributed by atoms with Crippen LogP contribution < -0.4 is 10.6 Å². The van der Waals surface area contributed by atoms with Crippen molar-refractivity contribution in [1.82, 2.24) is 5.32 Å². The van der Waals surface area contributed by atoms with Crippen LogP contribution in [0.5, 0.6) is 0 Å². The van der Waals surface area contributed by atoms with Crippen LogP contribution in [0.1, 0.15) is 13.3 Å². The van der Waals surface area contributed by atoms with Gasteiger partial charge in [0.2, 0.25) is 0 Å². The van der Waals surface area contributed by atoms with Crippen molar-refractivity contribution in [3.8, 4) is 0 Å². The summed E-state index contributed by atoms with van der Waals surface area (Å²) in [6.07, 6.45) is 0.376. The summed E-state index contributed by atoms with van der Waals surface area (Å²) in [6, 6.07) is 9.69. The Kier molecular flexibility index (Phi) is 5.07. The first-order valence-corrected chi connectivity index (χ1v) is 5.41. The maximum absolute atomic E-state index is 9.32. The van der Waals surface area contributed by atoms with Gasteiger partial charge in [-0.25, -0.2) is 0 Å². The molecule has 1 atom stereocenters. The molecule has 15 heavy (non-hydrogen) atoms. The van der Waals surface area contributed by atoms with Gasteiger partial charge in [0.05, 0.1) is 6.10 Å². The second-order valence-electron chi connectivity index (χ2n) is 3.26. The van der Waals surface area contributed by atoms with Gasteiger partial charge in [0.15, 0.2) is 5.11 Å². The molecule has 3 nitrogen and oxygen atoms in total. The second-order valence-corrected chi connectivity index (χ2v) is 3.67. The van der Waals surface area contributed by atoms with Gasteiger partial charge < -0.3 is 15.7 Å². The Morgan fingerprint density at radius 1 is 1.40 bits per heavy atom. The van der Waals surface area contributed by atoms with Crippen molar-refractivity contribution in [3.63, 3.8) is 0 Å². The Hall–Kier alpha value is -1.13. The molecule has 1 aromatic carbocycles. The summed E-state index contributed by atoms with van der Waals surface area (Å²) in [4.78, 5) is 0. The van der Waals surface area contributed by atoms with Crippen molar-refractivity contribution < 1.29 is 5.11 Å². The number of thiocarbonyl (C=S) groups is 1. The van der Waals surface area contributed by atoms with Gasteiger partial charge in [-0.1, -0.05) is 25.1 Å². The quantitative estimate of drug-likeness (QED) is 0.682. The molecule has 1 rings (SSSR count). The van der Waals surface area contributed by atoms with Crippen LogP contribution in [0, 0.1) is 0 Å². The predicted octanol–water partition coefficient (Wildman–Crippen LogP) is 1.74. The summed E-state index contributed by atoms with van der Waals surface area (Å²) in [6.45, 7) is 2.41. The lowest BCUT2D eigenvalue weighted by atomic mass is 10.3. The normalized spacial score (nSPS) is 11.9. The topological polar surface area (TPSA) is 44.3 Å². The summed E-state index contributed by atoms with van der Waals surface area (Å²) in [5.41, 5.74) is 0.945. The molecule has 0 amide bonds. The maximum Gasteiger partial charge on any atom is 0.170 e. The average Bonchev–Trinajstić information content (AvgIpc) is 2.27. The molecule has 0 aliphatic heterocycles. The Labute approximate surface area is 95.5 Å². The zero-order chi connectivity index (χ0) is 11.1. The number of benzene rings is 1. The molecule has 0 radical (unpaired) electrons. The van der Waals surface area contributed by atoms with Gasteiger partial charge in [0, 0.05) is 12.2 Å². The van der Waals surface area contributed by atoms with E-state index in [1.807, 2.05) is 37.3 Å². The largest absolute Gasteiger partial charge is 0.391 e. The van der Waals surface area contributed by atoms with Gasteiger partial charge in [-0.3, -0.25) is 0 Å². The Bertz CT molecular complexity index is 303. The van der Waals surface area contributed by atoms with E-state index in [0.717, 1.165) is 12.1 Å². The highest BCUT2D eigenvalue weighted by Crippen LogP contribution is 2.04. The number of aliphatic hydroxyl groups excluding tert-OH is 1. The molecule has 1 aromatic rings. The molecule has 3 N–H and O–H groups in total. The fraction of sp³-hybridized carbons (Fsp3) is 0.364. The molecule has 0 aliphatic carbocycles. The number of nitrogens with one attached hydrogen (secondary N) is 2. The van der Waals surface area contributed by atoms with Crippen molar-refractivity contribution in [1.29, 1.82) is 0 Å². The number of aliphatic hydroxyl groups is 1. The van der Waals surface area contributed by atoms with Crippen LogP contribution in [0.25, 0.3) is 0 Å². The van der Waals surface area contributed by atoms with E-state index in [-0.39, 0.29) is 6.10 Å². The molecular weight excluding hydrogens is 208 g/mol.